The number of carboxylic acids is 2. The number of hydrogen-bond acceptors (Lipinski definition) is 4. The topological polar surface area (TPSA) is 80.3 Å². The van der Waals surface area contributed by atoms with E-state index in [4.69, 9.17) is 0 Å². The van der Waals surface area contributed by atoms with E-state index >= 15 is 0 Å². The van der Waals surface area contributed by atoms with Crippen LogP contribution in [0, 0.1) is 0 Å². The summed E-state index contributed by atoms with van der Waals surface area (Å²) in [6, 6.07) is 18.6. The zero-order chi connectivity index (χ0) is 22.6. The van der Waals surface area contributed by atoms with Crippen molar-refractivity contribution in [2.24, 2.45) is 0 Å². The first-order valence-electron chi connectivity index (χ1n) is 10.8. The molecular weight excluding hydrogens is 416 g/mol. The van der Waals surface area contributed by atoms with Gasteiger partial charge in [0.15, 0.2) is 0 Å². The average molecular weight is 451 g/mol. The SMILES string of the molecule is CCCCC(C)(C(=O)[O-])c1ccccc1.CCCCC(C)(C(=O)[O-])c1ccccc1.[Ca+2]. The van der Waals surface area contributed by atoms with Crippen LogP contribution in [0.25, 0.3) is 0 Å². The summed E-state index contributed by atoms with van der Waals surface area (Å²) in [7, 11) is 0. The fraction of sp³-hybridized carbons (Fsp3) is 0.462. The minimum atomic E-state index is -0.984. The zero-order valence-corrected chi connectivity index (χ0v) is 21.6. The summed E-state index contributed by atoms with van der Waals surface area (Å²) in [5, 5.41) is 22.4. The molecule has 0 fully saturated rings. The van der Waals surface area contributed by atoms with Gasteiger partial charge in [-0.25, -0.2) is 0 Å². The average Bonchev–Trinajstić information content (AvgIpc) is 2.77. The molecule has 2 rings (SSSR count). The minimum absolute atomic E-state index is 0. The van der Waals surface area contributed by atoms with Gasteiger partial charge in [-0.2, -0.15) is 0 Å². The number of carbonyl (C=O) groups is 2. The molecule has 0 saturated carbocycles. The Kier molecular flexibility index (Phi) is 14.0. The summed E-state index contributed by atoms with van der Waals surface area (Å²) in [6.07, 6.45) is 5.07. The Bertz CT molecular complexity index is 711. The van der Waals surface area contributed by atoms with E-state index in [0.717, 1.165) is 36.8 Å². The summed E-state index contributed by atoms with van der Waals surface area (Å²) in [6.45, 7) is 7.60. The van der Waals surface area contributed by atoms with Gasteiger partial charge in [-0.1, -0.05) is 114 Å². The summed E-state index contributed by atoms with van der Waals surface area (Å²) >= 11 is 0. The Morgan fingerprint density at radius 2 is 0.968 bits per heavy atom. The molecule has 2 aromatic carbocycles. The smallest absolute Gasteiger partial charge is 0.549 e. The molecular formula is C26H34CaO4. The number of benzene rings is 2. The quantitative estimate of drug-likeness (QED) is 0.520. The van der Waals surface area contributed by atoms with Crippen LogP contribution in [0.15, 0.2) is 60.7 Å². The minimum Gasteiger partial charge on any atom is -0.549 e. The maximum atomic E-state index is 11.2. The first-order chi connectivity index (χ1) is 14.2. The van der Waals surface area contributed by atoms with Crippen molar-refractivity contribution < 1.29 is 19.8 Å². The zero-order valence-electron chi connectivity index (χ0n) is 19.4. The van der Waals surface area contributed by atoms with Gasteiger partial charge in [0, 0.05) is 10.8 Å². The molecule has 0 spiro atoms. The van der Waals surface area contributed by atoms with Crippen molar-refractivity contribution in [3.05, 3.63) is 71.8 Å². The van der Waals surface area contributed by atoms with Crippen LogP contribution >= 0.6 is 0 Å². The van der Waals surface area contributed by atoms with Crippen LogP contribution in [0.5, 0.6) is 0 Å². The van der Waals surface area contributed by atoms with E-state index < -0.39 is 22.8 Å². The van der Waals surface area contributed by atoms with Gasteiger partial charge < -0.3 is 19.8 Å². The number of carbonyl (C=O) groups excluding carboxylic acids is 2. The van der Waals surface area contributed by atoms with Gasteiger partial charge in [-0.3, -0.25) is 0 Å². The predicted octanol–water partition coefficient (Wildman–Crippen LogP) is 3.39. The van der Waals surface area contributed by atoms with Gasteiger partial charge in [-0.15, -0.1) is 0 Å². The molecule has 5 heteroatoms. The van der Waals surface area contributed by atoms with Gasteiger partial charge in [0.05, 0.1) is 11.9 Å². The van der Waals surface area contributed by atoms with Crippen LogP contribution in [-0.2, 0) is 20.4 Å². The molecule has 0 heterocycles. The Labute approximate surface area is 217 Å². The largest absolute Gasteiger partial charge is 2.00 e. The summed E-state index contributed by atoms with van der Waals surface area (Å²) in [4.78, 5) is 22.4. The van der Waals surface area contributed by atoms with Gasteiger partial charge in [0.1, 0.15) is 0 Å². The van der Waals surface area contributed by atoms with Crippen molar-refractivity contribution in [3.8, 4) is 0 Å². The van der Waals surface area contributed by atoms with Gasteiger partial charge in [0.2, 0.25) is 0 Å². The number of unbranched alkanes of at least 4 members (excludes halogenated alkanes) is 2. The number of aliphatic carboxylic acids is 2. The molecule has 0 amide bonds. The molecule has 0 radical (unpaired) electrons. The van der Waals surface area contributed by atoms with Crippen molar-refractivity contribution in [1.29, 1.82) is 0 Å². The van der Waals surface area contributed by atoms with Crippen LogP contribution in [0.4, 0.5) is 0 Å². The molecule has 0 bridgehead atoms. The van der Waals surface area contributed by atoms with Gasteiger partial charge in [-0.05, 0) is 24.0 Å². The molecule has 2 aromatic rings. The maximum absolute atomic E-state index is 11.2. The summed E-state index contributed by atoms with van der Waals surface area (Å²) < 4.78 is 0. The number of rotatable bonds is 10. The molecule has 2 unspecified atom stereocenters. The fourth-order valence-electron chi connectivity index (χ4n) is 3.40. The van der Waals surface area contributed by atoms with Crippen molar-refractivity contribution in [2.75, 3.05) is 0 Å². The molecule has 0 aliphatic carbocycles. The van der Waals surface area contributed by atoms with Crippen LogP contribution in [0.2, 0.25) is 0 Å². The summed E-state index contributed by atoms with van der Waals surface area (Å²) in [5.74, 6) is -1.97. The standard InChI is InChI=1S/2C13H18O2.Ca/c2*1-3-4-10-13(2,12(14)15)11-8-6-5-7-9-11;/h2*5-9H,3-4,10H2,1-2H3,(H,14,15);/q;;+2/p-2. The third kappa shape index (κ3) is 8.59. The van der Waals surface area contributed by atoms with Crippen molar-refractivity contribution in [1.82, 2.24) is 0 Å². The van der Waals surface area contributed by atoms with E-state index in [0.29, 0.717) is 12.8 Å². The second kappa shape index (κ2) is 14.7. The molecule has 4 nitrogen and oxygen atoms in total. The number of hydrogen-bond donors (Lipinski definition) is 0. The van der Waals surface area contributed by atoms with Crippen molar-refractivity contribution >= 4 is 49.7 Å². The number of carboxylic acid groups (broad SMARTS) is 2. The van der Waals surface area contributed by atoms with Crippen LogP contribution in [-0.4, -0.2) is 49.7 Å². The van der Waals surface area contributed by atoms with Gasteiger partial charge in [0.25, 0.3) is 0 Å². The molecule has 0 aliphatic heterocycles. The van der Waals surface area contributed by atoms with Gasteiger partial charge >= 0.3 is 37.7 Å². The van der Waals surface area contributed by atoms with Crippen LogP contribution in [0.1, 0.15) is 77.3 Å². The molecule has 0 aliphatic rings. The second-order valence-electron chi connectivity index (χ2n) is 8.18. The Balaban J connectivity index is 0.000000562. The van der Waals surface area contributed by atoms with E-state index in [1.54, 1.807) is 13.8 Å². The van der Waals surface area contributed by atoms with Crippen molar-refractivity contribution in [3.63, 3.8) is 0 Å². The van der Waals surface area contributed by atoms with E-state index in [2.05, 4.69) is 13.8 Å². The van der Waals surface area contributed by atoms with Crippen LogP contribution < -0.4 is 10.2 Å². The van der Waals surface area contributed by atoms with E-state index in [1.807, 2.05) is 60.7 Å². The molecule has 0 N–H and O–H groups in total. The molecule has 0 aromatic heterocycles. The first-order valence-corrected chi connectivity index (χ1v) is 10.8. The second-order valence-corrected chi connectivity index (χ2v) is 8.18. The van der Waals surface area contributed by atoms with Crippen LogP contribution in [0.3, 0.4) is 0 Å². The molecule has 0 saturated heterocycles. The van der Waals surface area contributed by atoms with Crippen molar-refractivity contribution in [2.45, 2.75) is 77.0 Å². The fourth-order valence-corrected chi connectivity index (χ4v) is 3.40. The summed E-state index contributed by atoms with van der Waals surface area (Å²) in [5.41, 5.74) is -0.0361. The van der Waals surface area contributed by atoms with E-state index in [9.17, 15) is 19.8 Å². The third-order valence-electron chi connectivity index (χ3n) is 5.78. The molecule has 164 valence electrons. The molecule has 31 heavy (non-hydrogen) atoms. The normalized spacial score (nSPS) is 14.1. The van der Waals surface area contributed by atoms with E-state index in [1.165, 1.54) is 0 Å². The molecule has 2 atom stereocenters. The third-order valence-corrected chi connectivity index (χ3v) is 5.78. The Morgan fingerprint density at radius 3 is 1.19 bits per heavy atom. The maximum Gasteiger partial charge on any atom is 2.00 e. The first kappa shape index (κ1) is 29.6. The van der Waals surface area contributed by atoms with E-state index in [-0.39, 0.29) is 37.7 Å². The monoisotopic (exact) mass is 450 g/mol. The predicted molar refractivity (Wildman–Crippen MR) is 122 cm³/mol. The Hall–Kier alpha value is -1.36. The Morgan fingerprint density at radius 1 is 0.677 bits per heavy atom.